The molecule has 0 amide bonds. The van der Waals surface area contributed by atoms with Gasteiger partial charge in [-0.15, -0.1) is 0 Å². The highest BCUT2D eigenvalue weighted by Crippen LogP contribution is 2.64. The highest BCUT2D eigenvalue weighted by atomic mass is 16.6. The molecule has 4 aliphatic carbocycles. The van der Waals surface area contributed by atoms with E-state index in [2.05, 4.69) is 0 Å². The van der Waals surface area contributed by atoms with Crippen LogP contribution in [0.5, 0.6) is 0 Å². The fraction of sp³-hybridized carbons (Fsp3) is 0.793. The minimum Gasteiger partial charge on any atom is -0.480 e. The van der Waals surface area contributed by atoms with E-state index in [1.54, 1.807) is 0 Å². The monoisotopic (exact) mass is 603 g/mol. The normalized spacial score (nSPS) is 35.4. The third-order valence-corrected chi connectivity index (χ3v) is 10.9. The van der Waals surface area contributed by atoms with Crippen LogP contribution in [0, 0.1) is 23.7 Å². The number of carbonyl (C=O) groups excluding carboxylic acids is 2. The number of esters is 2. The SMILES string of the molecule is O=C(O)Cn1c(=O)n(CCCC(=O)OCC2CC3CC24CC3O4)c(=O)n(CCCC(=O)OCC2CC3CC24CC3O4)c1=O. The number of carbonyl (C=O) groups is 3. The first-order valence-electron chi connectivity index (χ1n) is 15.4. The molecule has 8 unspecified atom stereocenters. The number of ether oxygens (including phenoxy) is 4. The molecule has 2 spiro atoms. The van der Waals surface area contributed by atoms with Gasteiger partial charge in [-0.2, -0.15) is 0 Å². The quantitative estimate of drug-likeness (QED) is 0.284. The average molecular weight is 604 g/mol. The molecular weight excluding hydrogens is 566 g/mol. The summed E-state index contributed by atoms with van der Waals surface area (Å²) in [5.74, 6) is -0.865. The van der Waals surface area contributed by atoms with Crippen LogP contribution >= 0.6 is 0 Å². The number of hydrogen-bond acceptors (Lipinski definition) is 10. The summed E-state index contributed by atoms with van der Waals surface area (Å²) in [7, 11) is 0. The van der Waals surface area contributed by atoms with Crippen LogP contribution in [0.2, 0.25) is 0 Å². The molecule has 234 valence electrons. The minimum atomic E-state index is -1.42. The fourth-order valence-corrected chi connectivity index (χ4v) is 8.76. The molecule has 14 heteroatoms. The highest BCUT2D eigenvalue weighted by molar-refractivity contribution is 5.69. The van der Waals surface area contributed by atoms with Gasteiger partial charge in [0.1, 0.15) is 6.54 Å². The molecular formula is C29H37N3O11. The molecule has 5 heterocycles. The van der Waals surface area contributed by atoms with Gasteiger partial charge in [0.2, 0.25) is 0 Å². The van der Waals surface area contributed by atoms with Gasteiger partial charge >= 0.3 is 35.0 Å². The molecule has 14 nitrogen and oxygen atoms in total. The highest BCUT2D eigenvalue weighted by Gasteiger charge is 2.68. The Kier molecular flexibility index (Phi) is 6.91. The Balaban J connectivity index is 0.928. The van der Waals surface area contributed by atoms with Gasteiger partial charge in [0.15, 0.2) is 0 Å². The first-order chi connectivity index (χ1) is 20.6. The van der Waals surface area contributed by atoms with Crippen LogP contribution in [0.4, 0.5) is 0 Å². The largest absolute Gasteiger partial charge is 0.480 e. The molecule has 4 saturated carbocycles. The van der Waals surface area contributed by atoms with Crippen LogP contribution in [0.1, 0.15) is 64.2 Å². The standard InChI is InChI=1S/C29H37N3O11/c33-22(34)13-32-26(38)30(5-1-3-23(35)40-14-18-7-16-9-28(18)11-20(16)42-28)25(37)31(27(32)39)6-2-4-24(36)41-15-19-8-17-10-29(19)12-21(17)43-29/h16-21H,1-15H2,(H,33,34). The van der Waals surface area contributed by atoms with Crippen molar-refractivity contribution in [2.24, 2.45) is 23.7 Å². The van der Waals surface area contributed by atoms with Crippen molar-refractivity contribution < 1.29 is 38.4 Å². The van der Waals surface area contributed by atoms with Crippen LogP contribution in [-0.2, 0) is 53.0 Å². The van der Waals surface area contributed by atoms with Gasteiger partial charge in [-0.1, -0.05) is 0 Å². The van der Waals surface area contributed by atoms with Crippen LogP contribution in [0.3, 0.4) is 0 Å². The number of carboxylic acids is 1. The molecule has 1 aromatic rings. The lowest BCUT2D eigenvalue weighted by Crippen LogP contribution is -2.55. The lowest BCUT2D eigenvalue weighted by atomic mass is 9.79. The molecule has 43 heavy (non-hydrogen) atoms. The predicted octanol–water partition coefficient (Wildman–Crippen LogP) is 0.0381. The third-order valence-electron chi connectivity index (χ3n) is 10.9. The molecule has 8 fully saturated rings. The van der Waals surface area contributed by atoms with E-state index in [0.717, 1.165) is 47.7 Å². The molecule has 1 aromatic heterocycles. The topological polar surface area (TPSA) is 174 Å². The van der Waals surface area contributed by atoms with Crippen molar-refractivity contribution in [2.45, 2.75) is 107 Å². The first-order valence-corrected chi connectivity index (χ1v) is 15.4. The molecule has 8 aliphatic rings. The van der Waals surface area contributed by atoms with Crippen molar-refractivity contribution in [3.8, 4) is 0 Å². The van der Waals surface area contributed by atoms with Gasteiger partial charge in [0, 0.05) is 50.6 Å². The molecule has 1 N–H and O–H groups in total. The Labute approximate surface area is 245 Å². The second-order valence-electron chi connectivity index (χ2n) is 13.3. The van der Waals surface area contributed by atoms with E-state index in [1.807, 2.05) is 0 Å². The van der Waals surface area contributed by atoms with E-state index in [-0.39, 0.29) is 75.0 Å². The number of hydrogen-bond donors (Lipinski definition) is 1. The van der Waals surface area contributed by atoms with Gasteiger partial charge < -0.3 is 24.1 Å². The number of carboxylic acid groups (broad SMARTS) is 1. The molecule has 4 aliphatic heterocycles. The Morgan fingerprint density at radius 1 is 0.721 bits per heavy atom. The van der Waals surface area contributed by atoms with Crippen LogP contribution < -0.4 is 17.1 Å². The maximum atomic E-state index is 13.1. The molecule has 8 atom stereocenters. The van der Waals surface area contributed by atoms with E-state index in [4.69, 9.17) is 18.9 Å². The fourth-order valence-electron chi connectivity index (χ4n) is 8.76. The number of aromatic nitrogens is 3. The summed E-state index contributed by atoms with van der Waals surface area (Å²) >= 11 is 0. The number of nitrogens with zero attached hydrogens (tertiary/aromatic N) is 3. The van der Waals surface area contributed by atoms with Crippen molar-refractivity contribution in [2.75, 3.05) is 13.2 Å². The summed E-state index contributed by atoms with van der Waals surface area (Å²) in [6.07, 6.45) is 6.87. The van der Waals surface area contributed by atoms with Crippen LogP contribution in [0.15, 0.2) is 14.4 Å². The van der Waals surface area contributed by atoms with Crippen LogP contribution in [0.25, 0.3) is 0 Å². The van der Waals surface area contributed by atoms with Gasteiger partial charge in [-0.25, -0.2) is 28.1 Å². The summed E-state index contributed by atoms with van der Waals surface area (Å²) in [5, 5.41) is 9.25. The second kappa shape index (κ2) is 10.4. The summed E-state index contributed by atoms with van der Waals surface area (Å²) in [6.45, 7) is -0.791. The van der Waals surface area contributed by atoms with Gasteiger partial charge in [0.25, 0.3) is 0 Å². The summed E-state index contributed by atoms with van der Waals surface area (Å²) in [4.78, 5) is 75.1. The number of aliphatic carboxylic acids is 1. The molecule has 0 aromatic carbocycles. The Bertz CT molecular complexity index is 1410. The van der Waals surface area contributed by atoms with E-state index in [9.17, 15) is 33.9 Å². The van der Waals surface area contributed by atoms with E-state index < -0.39 is 41.5 Å². The van der Waals surface area contributed by atoms with E-state index in [0.29, 0.717) is 28.6 Å². The summed E-state index contributed by atoms with van der Waals surface area (Å²) in [6, 6.07) is 0. The van der Waals surface area contributed by atoms with E-state index >= 15 is 0 Å². The van der Waals surface area contributed by atoms with Crippen molar-refractivity contribution in [1.82, 2.24) is 13.7 Å². The minimum absolute atomic E-state index is 0.0584. The number of rotatable bonds is 14. The lowest BCUT2D eigenvalue weighted by molar-refractivity contribution is -0.218. The molecule has 6 bridgehead atoms. The smallest absolute Gasteiger partial charge is 0.336 e. The zero-order valence-electron chi connectivity index (χ0n) is 23.9. The zero-order valence-corrected chi connectivity index (χ0v) is 23.9. The Morgan fingerprint density at radius 3 is 1.49 bits per heavy atom. The van der Waals surface area contributed by atoms with Crippen LogP contribution in [-0.4, -0.2) is 73.3 Å². The van der Waals surface area contributed by atoms with Crippen molar-refractivity contribution in [1.29, 1.82) is 0 Å². The summed E-state index contributed by atoms with van der Waals surface area (Å²) < 4.78 is 24.8. The second-order valence-corrected chi connectivity index (χ2v) is 13.3. The maximum Gasteiger partial charge on any atom is 0.336 e. The van der Waals surface area contributed by atoms with E-state index in [1.165, 1.54) is 0 Å². The van der Waals surface area contributed by atoms with Gasteiger partial charge in [-0.3, -0.25) is 14.4 Å². The van der Waals surface area contributed by atoms with Gasteiger partial charge in [0.05, 0.1) is 36.6 Å². The molecule has 0 radical (unpaired) electrons. The molecule has 9 rings (SSSR count). The maximum absolute atomic E-state index is 13.1. The van der Waals surface area contributed by atoms with Crippen molar-refractivity contribution >= 4 is 17.9 Å². The lowest BCUT2D eigenvalue weighted by Gasteiger charge is -2.47. The van der Waals surface area contributed by atoms with Crippen molar-refractivity contribution in [3.05, 3.63) is 31.5 Å². The Hall–Kier alpha value is -3.26. The average Bonchev–Trinajstić information content (AvgIpc) is 3.77. The Morgan fingerprint density at radius 2 is 1.14 bits per heavy atom. The first kappa shape index (κ1) is 28.5. The third kappa shape index (κ3) is 4.77. The van der Waals surface area contributed by atoms with Gasteiger partial charge in [-0.05, 0) is 50.4 Å². The summed E-state index contributed by atoms with van der Waals surface area (Å²) in [5.41, 5.74) is -3.32. The predicted molar refractivity (Wildman–Crippen MR) is 144 cm³/mol. The molecule has 4 saturated heterocycles. The van der Waals surface area contributed by atoms with Crippen molar-refractivity contribution in [3.63, 3.8) is 0 Å². The zero-order chi connectivity index (χ0) is 30.1.